The first kappa shape index (κ1) is 14.9. The van der Waals surface area contributed by atoms with Gasteiger partial charge in [-0.05, 0) is 24.3 Å². The Morgan fingerprint density at radius 1 is 1.30 bits per heavy atom. The van der Waals surface area contributed by atoms with E-state index in [1.54, 1.807) is 0 Å². The third-order valence-corrected chi connectivity index (χ3v) is 5.03. The van der Waals surface area contributed by atoms with Crippen LogP contribution in [-0.4, -0.2) is 52.2 Å². The molecule has 23 heavy (non-hydrogen) atoms. The van der Waals surface area contributed by atoms with Gasteiger partial charge in [0.25, 0.3) is 0 Å². The number of hydrogen-bond acceptors (Lipinski definition) is 7. The Morgan fingerprint density at radius 3 is 2.78 bits per heavy atom. The number of aliphatic hydroxyl groups is 2. The maximum absolute atomic E-state index is 12.3. The zero-order valence-corrected chi connectivity index (χ0v) is 12.3. The van der Waals surface area contributed by atoms with Gasteiger partial charge in [0.2, 0.25) is 0 Å². The average molecular weight is 322 g/mol. The number of ether oxygens (including phenoxy) is 3. The van der Waals surface area contributed by atoms with Crippen LogP contribution in [0.1, 0.15) is 23.2 Å². The van der Waals surface area contributed by atoms with Crippen molar-refractivity contribution in [2.24, 2.45) is 11.8 Å². The largest absolute Gasteiger partial charge is 0.508 e. The van der Waals surface area contributed by atoms with Gasteiger partial charge in [0.05, 0.1) is 17.8 Å². The van der Waals surface area contributed by atoms with E-state index in [0.29, 0.717) is 12.0 Å². The van der Waals surface area contributed by atoms with Crippen molar-refractivity contribution < 1.29 is 34.3 Å². The minimum Gasteiger partial charge on any atom is -0.508 e. The second-order valence-corrected chi connectivity index (χ2v) is 6.49. The summed E-state index contributed by atoms with van der Waals surface area (Å²) < 4.78 is 16.3. The molecule has 1 aromatic carbocycles. The lowest BCUT2D eigenvalue weighted by atomic mass is 9.84. The Kier molecular flexibility index (Phi) is 3.35. The van der Waals surface area contributed by atoms with Crippen molar-refractivity contribution in [3.05, 3.63) is 29.8 Å². The number of aliphatic hydroxyl groups excluding tert-OH is 1. The van der Waals surface area contributed by atoms with Gasteiger partial charge in [-0.2, -0.15) is 0 Å². The summed E-state index contributed by atoms with van der Waals surface area (Å²) in [4.78, 5) is 12.3. The lowest BCUT2D eigenvalue weighted by Gasteiger charge is -2.35. The fourth-order valence-electron chi connectivity index (χ4n) is 4.00. The van der Waals surface area contributed by atoms with Crippen LogP contribution in [0.5, 0.6) is 5.75 Å². The van der Waals surface area contributed by atoms with Crippen molar-refractivity contribution in [1.29, 1.82) is 0 Å². The summed E-state index contributed by atoms with van der Waals surface area (Å²) in [5, 5.41) is 29.8. The van der Waals surface area contributed by atoms with E-state index < -0.39 is 30.3 Å². The highest BCUT2D eigenvalue weighted by Crippen LogP contribution is 2.53. The zero-order chi connectivity index (χ0) is 16.2. The predicted molar refractivity (Wildman–Crippen MR) is 75.3 cm³/mol. The van der Waals surface area contributed by atoms with Gasteiger partial charge in [-0.15, -0.1) is 0 Å². The molecular formula is C16H18O7. The Labute approximate surface area is 132 Å². The molecule has 0 bridgehead atoms. The number of esters is 1. The molecule has 2 aliphatic heterocycles. The number of hydrogen-bond donors (Lipinski definition) is 3. The summed E-state index contributed by atoms with van der Waals surface area (Å²) in [7, 11) is 0. The molecule has 6 atom stereocenters. The fourth-order valence-corrected chi connectivity index (χ4v) is 4.00. The molecule has 3 N–H and O–H groups in total. The average Bonchev–Trinajstić information content (AvgIpc) is 2.97. The van der Waals surface area contributed by atoms with Crippen LogP contribution in [-0.2, 0) is 14.2 Å². The summed E-state index contributed by atoms with van der Waals surface area (Å²) in [6, 6.07) is 5.78. The molecule has 1 aromatic rings. The highest BCUT2D eigenvalue weighted by atomic mass is 16.7. The predicted octanol–water partition coefficient (Wildman–Crippen LogP) is 0.380. The molecule has 3 aliphatic rings. The van der Waals surface area contributed by atoms with Gasteiger partial charge in [0.15, 0.2) is 12.6 Å². The number of phenols is 1. The van der Waals surface area contributed by atoms with Crippen molar-refractivity contribution in [2.45, 2.75) is 37.1 Å². The minimum atomic E-state index is -1.09. The highest BCUT2D eigenvalue weighted by Gasteiger charge is 2.64. The van der Waals surface area contributed by atoms with Gasteiger partial charge in [0, 0.05) is 24.7 Å². The highest BCUT2D eigenvalue weighted by molar-refractivity contribution is 5.89. The smallest absolute Gasteiger partial charge is 0.338 e. The van der Waals surface area contributed by atoms with Crippen LogP contribution in [0.15, 0.2) is 24.3 Å². The van der Waals surface area contributed by atoms with Crippen LogP contribution >= 0.6 is 0 Å². The summed E-state index contributed by atoms with van der Waals surface area (Å²) in [5.41, 5.74) is -0.762. The number of benzene rings is 1. The van der Waals surface area contributed by atoms with Crippen LogP contribution in [0.2, 0.25) is 0 Å². The summed E-state index contributed by atoms with van der Waals surface area (Å²) in [5.74, 6) is -0.961. The third-order valence-electron chi connectivity index (χ3n) is 5.03. The van der Waals surface area contributed by atoms with E-state index in [1.807, 2.05) is 0 Å². The van der Waals surface area contributed by atoms with Gasteiger partial charge in [-0.1, -0.05) is 0 Å². The normalized spacial score (nSPS) is 41.6. The molecule has 0 aromatic heterocycles. The van der Waals surface area contributed by atoms with E-state index in [2.05, 4.69) is 0 Å². The van der Waals surface area contributed by atoms with Crippen LogP contribution < -0.4 is 0 Å². The zero-order valence-electron chi connectivity index (χ0n) is 12.3. The summed E-state index contributed by atoms with van der Waals surface area (Å²) >= 11 is 0. The van der Waals surface area contributed by atoms with Crippen LogP contribution in [0.4, 0.5) is 0 Å². The van der Waals surface area contributed by atoms with Crippen molar-refractivity contribution >= 4 is 5.97 Å². The van der Waals surface area contributed by atoms with Gasteiger partial charge in [0.1, 0.15) is 11.9 Å². The number of rotatable bonds is 2. The van der Waals surface area contributed by atoms with Gasteiger partial charge in [-0.25, -0.2) is 4.79 Å². The minimum absolute atomic E-state index is 0.0683. The van der Waals surface area contributed by atoms with Crippen molar-refractivity contribution in [1.82, 2.24) is 0 Å². The third kappa shape index (κ3) is 2.40. The first-order chi connectivity index (χ1) is 11.0. The molecule has 124 valence electrons. The maximum atomic E-state index is 12.3. The van der Waals surface area contributed by atoms with Gasteiger partial charge in [-0.3, -0.25) is 0 Å². The van der Waals surface area contributed by atoms with Crippen LogP contribution in [0.3, 0.4) is 0 Å². The Balaban J connectivity index is 1.53. The molecular weight excluding hydrogens is 304 g/mol. The molecule has 7 heteroatoms. The van der Waals surface area contributed by atoms with E-state index in [0.717, 1.165) is 0 Å². The molecule has 0 unspecified atom stereocenters. The van der Waals surface area contributed by atoms with E-state index in [4.69, 9.17) is 14.2 Å². The monoisotopic (exact) mass is 322 g/mol. The maximum Gasteiger partial charge on any atom is 0.338 e. The van der Waals surface area contributed by atoms with Gasteiger partial charge < -0.3 is 29.5 Å². The van der Waals surface area contributed by atoms with E-state index >= 15 is 0 Å². The molecule has 0 radical (unpaired) electrons. The molecule has 0 spiro atoms. The fraction of sp³-hybridized carbons (Fsp3) is 0.562. The number of carbonyl (C=O) groups is 1. The first-order valence-electron chi connectivity index (χ1n) is 7.64. The molecule has 3 fully saturated rings. The van der Waals surface area contributed by atoms with E-state index in [9.17, 15) is 20.1 Å². The topological polar surface area (TPSA) is 105 Å². The molecule has 2 heterocycles. The van der Waals surface area contributed by atoms with Crippen molar-refractivity contribution in [3.8, 4) is 5.75 Å². The van der Waals surface area contributed by atoms with Crippen molar-refractivity contribution in [3.63, 3.8) is 0 Å². The number of carbonyl (C=O) groups excluding carboxylic acids is 1. The molecule has 7 nitrogen and oxygen atoms in total. The van der Waals surface area contributed by atoms with Crippen molar-refractivity contribution in [2.75, 3.05) is 6.61 Å². The molecule has 1 aliphatic carbocycles. The lowest BCUT2D eigenvalue weighted by molar-refractivity contribution is -0.265. The number of aromatic hydroxyl groups is 1. The first-order valence-corrected chi connectivity index (χ1v) is 7.64. The Hall–Kier alpha value is -1.67. The summed E-state index contributed by atoms with van der Waals surface area (Å²) in [6.45, 7) is 0.110. The number of phenolic OH excluding ortho intramolecular Hbond substituents is 1. The molecule has 0 amide bonds. The second-order valence-electron chi connectivity index (χ2n) is 6.49. The lowest BCUT2D eigenvalue weighted by Crippen LogP contribution is -2.44. The van der Waals surface area contributed by atoms with Crippen LogP contribution in [0.25, 0.3) is 0 Å². The standard InChI is InChI=1S/C16H18O7/c17-9-3-1-8(2-4-9)14(19)22-11-6-16(20)7-21-15-13(16)10(11)5-12(18)23-15/h1-4,10-13,15,17-18,20H,5-7H2/t10-,11+,12+,13+,15-,16+/m0/s1. The Bertz CT molecular complexity index is 615. The van der Waals surface area contributed by atoms with Gasteiger partial charge >= 0.3 is 5.97 Å². The molecule has 2 saturated heterocycles. The SMILES string of the molecule is O=C(O[C@@H]1C[C@@]2(O)CO[C@H]3O[C@@H](O)C[C@@H]1[C@H]32)c1ccc(O)cc1. The van der Waals surface area contributed by atoms with Crippen LogP contribution in [0, 0.1) is 11.8 Å². The van der Waals surface area contributed by atoms with E-state index in [-0.39, 0.29) is 30.6 Å². The van der Waals surface area contributed by atoms with E-state index in [1.165, 1.54) is 24.3 Å². The quantitative estimate of drug-likeness (QED) is 0.676. The second kappa shape index (κ2) is 5.17. The molecule has 4 rings (SSSR count). The molecule has 1 saturated carbocycles. The Morgan fingerprint density at radius 2 is 2.04 bits per heavy atom. The summed E-state index contributed by atoms with van der Waals surface area (Å²) in [6.07, 6.45) is -1.60.